The molecule has 0 heterocycles. The molecule has 3 heteroatoms. The predicted molar refractivity (Wildman–Crippen MR) is 63.3 cm³/mol. The summed E-state index contributed by atoms with van der Waals surface area (Å²) in [6, 6.07) is 5.37. The number of carbonyl (C=O) groups excluding carboxylic acids is 1. The fourth-order valence-electron chi connectivity index (χ4n) is 1.75. The van der Waals surface area contributed by atoms with Gasteiger partial charge in [-0.15, -0.1) is 0 Å². The average molecular weight is 241 g/mol. The van der Waals surface area contributed by atoms with E-state index in [1.54, 1.807) is 18.2 Å². The maximum atomic E-state index is 11.3. The molecule has 1 aromatic carbocycles. The lowest BCUT2D eigenvalue weighted by atomic mass is 9.93. The molecule has 1 aliphatic carbocycles. The molecule has 0 aliphatic heterocycles. The molecule has 0 bridgehead atoms. The molecule has 15 heavy (non-hydrogen) atoms. The van der Waals surface area contributed by atoms with Gasteiger partial charge in [0, 0.05) is 16.5 Å². The summed E-state index contributed by atoms with van der Waals surface area (Å²) < 4.78 is 0. The van der Waals surface area contributed by atoms with E-state index in [0.717, 1.165) is 24.0 Å². The highest BCUT2D eigenvalue weighted by atomic mass is 35.5. The summed E-state index contributed by atoms with van der Waals surface area (Å²) in [6.07, 6.45) is 4.16. The van der Waals surface area contributed by atoms with Crippen LogP contribution in [0.3, 0.4) is 0 Å². The van der Waals surface area contributed by atoms with Crippen molar-refractivity contribution in [3.63, 3.8) is 0 Å². The van der Waals surface area contributed by atoms with Crippen LogP contribution in [0.15, 0.2) is 24.3 Å². The smallest absolute Gasteiger partial charge is 0.155 e. The summed E-state index contributed by atoms with van der Waals surface area (Å²) in [5, 5.41) is 1.23. The highest BCUT2D eigenvalue weighted by molar-refractivity contribution is 6.35. The van der Waals surface area contributed by atoms with Crippen LogP contribution in [0.4, 0.5) is 0 Å². The number of ketones is 1. The van der Waals surface area contributed by atoms with E-state index in [1.807, 2.05) is 6.07 Å². The summed E-state index contributed by atoms with van der Waals surface area (Å²) in [4.78, 5) is 11.3. The Morgan fingerprint density at radius 3 is 2.60 bits per heavy atom. The number of rotatable bonds is 1. The number of carbonyl (C=O) groups is 1. The molecule has 0 radical (unpaired) electrons. The summed E-state index contributed by atoms with van der Waals surface area (Å²) in [6.45, 7) is 0. The Hall–Kier alpha value is -0.790. The average Bonchev–Trinajstić information content (AvgIpc) is 2.17. The number of halogens is 2. The van der Waals surface area contributed by atoms with Gasteiger partial charge < -0.3 is 0 Å². The van der Waals surface area contributed by atoms with Crippen LogP contribution in [0.2, 0.25) is 10.0 Å². The summed E-state index contributed by atoms with van der Waals surface area (Å²) in [5.74, 6) is 0.183. The lowest BCUT2D eigenvalue weighted by Gasteiger charge is -2.13. The Balaban J connectivity index is 2.41. The van der Waals surface area contributed by atoms with Gasteiger partial charge in [0.15, 0.2) is 5.78 Å². The van der Waals surface area contributed by atoms with Crippen molar-refractivity contribution in [1.82, 2.24) is 0 Å². The second-order valence-electron chi connectivity index (χ2n) is 3.61. The van der Waals surface area contributed by atoms with Crippen LogP contribution in [0.1, 0.15) is 24.8 Å². The van der Waals surface area contributed by atoms with Crippen LogP contribution in [0.5, 0.6) is 0 Å². The fourth-order valence-corrected chi connectivity index (χ4v) is 2.28. The molecule has 0 fully saturated rings. The molecular weight excluding hydrogens is 231 g/mol. The Morgan fingerprint density at radius 1 is 1.13 bits per heavy atom. The van der Waals surface area contributed by atoms with Gasteiger partial charge in [0.25, 0.3) is 0 Å². The quantitative estimate of drug-likeness (QED) is 0.722. The second-order valence-corrected chi connectivity index (χ2v) is 4.46. The molecular formula is C12H10Cl2O. The van der Waals surface area contributed by atoms with Gasteiger partial charge in [-0.1, -0.05) is 29.3 Å². The minimum atomic E-state index is 0.183. The third-order valence-electron chi connectivity index (χ3n) is 2.48. The first kappa shape index (κ1) is 10.7. The first-order chi connectivity index (χ1) is 7.16. The third kappa shape index (κ3) is 2.42. The van der Waals surface area contributed by atoms with Gasteiger partial charge in [0.1, 0.15) is 0 Å². The summed E-state index contributed by atoms with van der Waals surface area (Å²) in [7, 11) is 0. The normalized spacial score (nSPS) is 16.4. The Kier molecular flexibility index (Phi) is 3.13. The molecule has 0 spiro atoms. The monoisotopic (exact) mass is 240 g/mol. The van der Waals surface area contributed by atoms with Crippen molar-refractivity contribution in [3.05, 3.63) is 39.9 Å². The molecule has 2 rings (SSSR count). The van der Waals surface area contributed by atoms with E-state index in [9.17, 15) is 4.79 Å². The fraction of sp³-hybridized carbons (Fsp3) is 0.250. The molecule has 0 unspecified atom stereocenters. The van der Waals surface area contributed by atoms with Gasteiger partial charge in [0.2, 0.25) is 0 Å². The topological polar surface area (TPSA) is 17.1 Å². The molecule has 78 valence electrons. The van der Waals surface area contributed by atoms with E-state index >= 15 is 0 Å². The Bertz CT molecular complexity index is 435. The van der Waals surface area contributed by atoms with Gasteiger partial charge >= 0.3 is 0 Å². The summed E-state index contributed by atoms with van der Waals surface area (Å²) in [5.41, 5.74) is 1.95. The van der Waals surface area contributed by atoms with Crippen LogP contribution in [0.25, 0.3) is 5.57 Å². The molecule has 0 aromatic heterocycles. The molecule has 0 saturated carbocycles. The van der Waals surface area contributed by atoms with Crippen molar-refractivity contribution < 1.29 is 4.79 Å². The highest BCUT2D eigenvalue weighted by Crippen LogP contribution is 2.31. The van der Waals surface area contributed by atoms with Gasteiger partial charge in [-0.05, 0) is 42.2 Å². The molecule has 0 saturated heterocycles. The minimum absolute atomic E-state index is 0.183. The SMILES string of the molecule is O=C1C=C(c2ccc(Cl)cc2Cl)CCC1. The van der Waals surface area contributed by atoms with Crippen LogP contribution < -0.4 is 0 Å². The van der Waals surface area contributed by atoms with E-state index in [-0.39, 0.29) is 5.78 Å². The van der Waals surface area contributed by atoms with Crippen molar-refractivity contribution in [1.29, 1.82) is 0 Å². The third-order valence-corrected chi connectivity index (χ3v) is 3.03. The van der Waals surface area contributed by atoms with E-state index < -0.39 is 0 Å². The lowest BCUT2D eigenvalue weighted by molar-refractivity contribution is -0.114. The van der Waals surface area contributed by atoms with E-state index in [0.29, 0.717) is 16.5 Å². The summed E-state index contributed by atoms with van der Waals surface area (Å²) >= 11 is 11.9. The predicted octanol–water partition coefficient (Wildman–Crippen LogP) is 4.13. The van der Waals surface area contributed by atoms with E-state index in [1.165, 1.54) is 0 Å². The number of hydrogen-bond acceptors (Lipinski definition) is 1. The zero-order chi connectivity index (χ0) is 10.8. The molecule has 1 aliphatic rings. The molecule has 0 N–H and O–H groups in total. The van der Waals surface area contributed by atoms with Crippen LogP contribution in [-0.4, -0.2) is 5.78 Å². The number of benzene rings is 1. The van der Waals surface area contributed by atoms with E-state index in [4.69, 9.17) is 23.2 Å². The maximum Gasteiger partial charge on any atom is 0.155 e. The van der Waals surface area contributed by atoms with Gasteiger partial charge in [-0.3, -0.25) is 4.79 Å². The largest absolute Gasteiger partial charge is 0.295 e. The molecule has 0 atom stereocenters. The molecule has 0 amide bonds. The van der Waals surface area contributed by atoms with Crippen LogP contribution in [0, 0.1) is 0 Å². The second kappa shape index (κ2) is 4.38. The van der Waals surface area contributed by atoms with Crippen molar-refractivity contribution in [2.24, 2.45) is 0 Å². The molecule has 1 nitrogen and oxygen atoms in total. The van der Waals surface area contributed by atoms with Crippen molar-refractivity contribution in [3.8, 4) is 0 Å². The van der Waals surface area contributed by atoms with Gasteiger partial charge in [-0.25, -0.2) is 0 Å². The highest BCUT2D eigenvalue weighted by Gasteiger charge is 2.13. The molecule has 1 aromatic rings. The Labute approximate surface area is 98.7 Å². The standard InChI is InChI=1S/C12H10Cl2O/c13-9-4-5-11(12(14)7-9)8-2-1-3-10(15)6-8/h4-7H,1-3H2. The lowest BCUT2D eigenvalue weighted by Crippen LogP contribution is -2.02. The number of allylic oxidation sites excluding steroid dienone is 2. The van der Waals surface area contributed by atoms with Crippen molar-refractivity contribution >= 4 is 34.6 Å². The van der Waals surface area contributed by atoms with Gasteiger partial charge in [0.05, 0.1) is 0 Å². The maximum absolute atomic E-state index is 11.3. The zero-order valence-corrected chi connectivity index (χ0v) is 9.61. The van der Waals surface area contributed by atoms with Crippen LogP contribution in [-0.2, 0) is 4.79 Å². The van der Waals surface area contributed by atoms with Crippen LogP contribution >= 0.6 is 23.2 Å². The van der Waals surface area contributed by atoms with Crippen molar-refractivity contribution in [2.75, 3.05) is 0 Å². The Morgan fingerprint density at radius 2 is 1.93 bits per heavy atom. The number of hydrogen-bond donors (Lipinski definition) is 0. The van der Waals surface area contributed by atoms with E-state index in [2.05, 4.69) is 0 Å². The van der Waals surface area contributed by atoms with Crippen molar-refractivity contribution in [2.45, 2.75) is 19.3 Å². The first-order valence-electron chi connectivity index (χ1n) is 4.85. The zero-order valence-electron chi connectivity index (χ0n) is 8.09. The first-order valence-corrected chi connectivity index (χ1v) is 5.61. The minimum Gasteiger partial charge on any atom is -0.295 e. The van der Waals surface area contributed by atoms with Gasteiger partial charge in [-0.2, -0.15) is 0 Å².